The molecule has 1 aromatic rings. The zero-order chi connectivity index (χ0) is 11.3. The van der Waals surface area contributed by atoms with Crippen LogP contribution in [0.25, 0.3) is 0 Å². The van der Waals surface area contributed by atoms with Crippen LogP contribution in [0, 0.1) is 6.92 Å². The number of hydrogen-bond acceptors (Lipinski definition) is 1. The molecule has 1 atom stereocenters. The molecule has 0 N–H and O–H groups in total. The summed E-state index contributed by atoms with van der Waals surface area (Å²) in [5.41, 5.74) is 2.64. The fourth-order valence-corrected chi connectivity index (χ4v) is 2.04. The second kappa shape index (κ2) is 5.59. The first-order valence-electron chi connectivity index (χ1n) is 5.49. The molecule has 0 bridgehead atoms. The van der Waals surface area contributed by atoms with Crippen LogP contribution in [0.4, 0.5) is 0 Å². The van der Waals surface area contributed by atoms with Gasteiger partial charge in [0.15, 0.2) is 0 Å². The minimum Gasteiger partial charge on any atom is -0.496 e. The lowest BCUT2D eigenvalue weighted by Gasteiger charge is -2.19. The van der Waals surface area contributed by atoms with Crippen LogP contribution in [0.5, 0.6) is 5.75 Å². The third-order valence-corrected chi connectivity index (χ3v) is 2.86. The molecule has 0 heterocycles. The molecule has 82 valence electrons. The van der Waals surface area contributed by atoms with Crippen molar-refractivity contribution in [2.24, 2.45) is 0 Å². The number of allylic oxidation sites excluding steroid dienone is 1. The molecule has 0 aromatic heterocycles. The van der Waals surface area contributed by atoms with E-state index < -0.39 is 0 Å². The third-order valence-electron chi connectivity index (χ3n) is 2.86. The van der Waals surface area contributed by atoms with Crippen LogP contribution < -0.4 is 4.74 Å². The Morgan fingerprint density at radius 1 is 1.47 bits per heavy atom. The van der Waals surface area contributed by atoms with Crippen molar-refractivity contribution in [3.05, 3.63) is 42.0 Å². The average Bonchev–Trinajstić information content (AvgIpc) is 2.26. The Labute approximate surface area is 92.8 Å². The predicted octanol–water partition coefficient (Wildman–Crippen LogP) is 4.07. The van der Waals surface area contributed by atoms with Crippen molar-refractivity contribution < 1.29 is 4.74 Å². The number of rotatable bonds is 5. The first-order chi connectivity index (χ1) is 7.24. The van der Waals surface area contributed by atoms with Crippen LogP contribution in [0.2, 0.25) is 0 Å². The molecule has 0 fully saturated rings. The van der Waals surface area contributed by atoms with E-state index in [4.69, 9.17) is 4.74 Å². The van der Waals surface area contributed by atoms with Crippen molar-refractivity contribution in [3.8, 4) is 5.75 Å². The zero-order valence-corrected chi connectivity index (χ0v) is 9.92. The minimum absolute atomic E-state index is 0.527. The van der Waals surface area contributed by atoms with Crippen LogP contribution in [0.3, 0.4) is 0 Å². The Hall–Kier alpha value is -1.24. The second-order valence-corrected chi connectivity index (χ2v) is 3.82. The lowest BCUT2D eigenvalue weighted by Crippen LogP contribution is -2.02. The summed E-state index contributed by atoms with van der Waals surface area (Å²) in [6, 6.07) is 6.22. The molecule has 1 heteroatoms. The highest BCUT2D eigenvalue weighted by Crippen LogP contribution is 2.34. The molecule has 1 rings (SSSR count). The van der Waals surface area contributed by atoms with E-state index in [2.05, 4.69) is 26.5 Å². The van der Waals surface area contributed by atoms with Gasteiger partial charge in [0.05, 0.1) is 7.11 Å². The van der Waals surface area contributed by atoms with Crippen LogP contribution >= 0.6 is 0 Å². The summed E-state index contributed by atoms with van der Waals surface area (Å²) in [5.74, 6) is 1.53. The summed E-state index contributed by atoms with van der Waals surface area (Å²) in [5, 5.41) is 0. The molecule has 0 amide bonds. The summed E-state index contributed by atoms with van der Waals surface area (Å²) < 4.78 is 5.42. The van der Waals surface area contributed by atoms with Gasteiger partial charge in [0.1, 0.15) is 5.75 Å². The highest BCUT2D eigenvalue weighted by atomic mass is 16.5. The Kier molecular flexibility index (Phi) is 4.41. The van der Waals surface area contributed by atoms with Gasteiger partial charge in [-0.25, -0.2) is 0 Å². The van der Waals surface area contributed by atoms with Crippen LogP contribution in [0.1, 0.15) is 36.8 Å². The fourth-order valence-electron chi connectivity index (χ4n) is 2.04. The van der Waals surface area contributed by atoms with Gasteiger partial charge in [-0.05, 0) is 37.3 Å². The Bertz CT molecular complexity index is 328. The van der Waals surface area contributed by atoms with Crippen molar-refractivity contribution in [3.63, 3.8) is 0 Å². The van der Waals surface area contributed by atoms with Crippen molar-refractivity contribution in [1.82, 2.24) is 0 Å². The lowest BCUT2D eigenvalue weighted by molar-refractivity contribution is 0.404. The summed E-state index contributed by atoms with van der Waals surface area (Å²) in [7, 11) is 1.74. The number of benzene rings is 1. The topological polar surface area (TPSA) is 9.23 Å². The van der Waals surface area contributed by atoms with E-state index in [-0.39, 0.29) is 0 Å². The van der Waals surface area contributed by atoms with Gasteiger partial charge in [0, 0.05) is 5.56 Å². The van der Waals surface area contributed by atoms with E-state index in [9.17, 15) is 0 Å². The molecule has 0 aliphatic heterocycles. The third kappa shape index (κ3) is 2.62. The van der Waals surface area contributed by atoms with Gasteiger partial charge in [-0.15, -0.1) is 6.58 Å². The predicted molar refractivity (Wildman–Crippen MR) is 65.6 cm³/mol. The summed E-state index contributed by atoms with van der Waals surface area (Å²) in [6.45, 7) is 8.17. The van der Waals surface area contributed by atoms with E-state index in [1.807, 2.05) is 18.2 Å². The molecular weight excluding hydrogens is 184 g/mol. The maximum Gasteiger partial charge on any atom is 0.122 e. The number of aryl methyl sites for hydroxylation is 1. The smallest absolute Gasteiger partial charge is 0.122 e. The number of ether oxygens (including phenoxy) is 1. The first kappa shape index (κ1) is 11.8. The SMILES string of the molecule is C=CCC(CC)c1c(C)cccc1OC. The fraction of sp³-hybridized carbons (Fsp3) is 0.429. The molecular formula is C14H20O. The van der Waals surface area contributed by atoms with E-state index in [1.165, 1.54) is 11.1 Å². The number of hydrogen-bond donors (Lipinski definition) is 0. The summed E-state index contributed by atoms with van der Waals surface area (Å²) in [6.07, 6.45) is 4.12. The van der Waals surface area contributed by atoms with Crippen molar-refractivity contribution in [1.29, 1.82) is 0 Å². The second-order valence-electron chi connectivity index (χ2n) is 3.82. The molecule has 15 heavy (non-hydrogen) atoms. The van der Waals surface area contributed by atoms with Gasteiger partial charge >= 0.3 is 0 Å². The molecule has 0 spiro atoms. The number of methoxy groups -OCH3 is 1. The van der Waals surface area contributed by atoms with E-state index in [0.717, 1.165) is 18.6 Å². The molecule has 0 saturated heterocycles. The van der Waals surface area contributed by atoms with Gasteiger partial charge in [-0.2, -0.15) is 0 Å². The van der Waals surface area contributed by atoms with E-state index in [0.29, 0.717) is 5.92 Å². The summed E-state index contributed by atoms with van der Waals surface area (Å²) in [4.78, 5) is 0. The Morgan fingerprint density at radius 2 is 2.20 bits per heavy atom. The largest absolute Gasteiger partial charge is 0.496 e. The normalized spacial score (nSPS) is 12.2. The van der Waals surface area contributed by atoms with Gasteiger partial charge < -0.3 is 4.74 Å². The van der Waals surface area contributed by atoms with Gasteiger partial charge in [0.25, 0.3) is 0 Å². The maximum absolute atomic E-state index is 5.42. The highest BCUT2D eigenvalue weighted by Gasteiger charge is 2.15. The quantitative estimate of drug-likeness (QED) is 0.657. The maximum atomic E-state index is 5.42. The van der Waals surface area contributed by atoms with Gasteiger partial charge in [0.2, 0.25) is 0 Å². The van der Waals surface area contributed by atoms with Crippen LogP contribution in [-0.4, -0.2) is 7.11 Å². The van der Waals surface area contributed by atoms with E-state index >= 15 is 0 Å². The van der Waals surface area contributed by atoms with Gasteiger partial charge in [-0.3, -0.25) is 0 Å². The van der Waals surface area contributed by atoms with E-state index in [1.54, 1.807) is 7.11 Å². The molecule has 0 saturated carbocycles. The highest BCUT2D eigenvalue weighted by molar-refractivity contribution is 5.42. The zero-order valence-electron chi connectivity index (χ0n) is 9.92. The Balaban J connectivity index is 3.13. The average molecular weight is 204 g/mol. The molecule has 1 nitrogen and oxygen atoms in total. The molecule has 1 unspecified atom stereocenters. The Morgan fingerprint density at radius 3 is 2.73 bits per heavy atom. The van der Waals surface area contributed by atoms with Gasteiger partial charge in [-0.1, -0.05) is 25.1 Å². The van der Waals surface area contributed by atoms with Crippen molar-refractivity contribution in [2.45, 2.75) is 32.6 Å². The van der Waals surface area contributed by atoms with Crippen molar-refractivity contribution >= 4 is 0 Å². The lowest BCUT2D eigenvalue weighted by atomic mass is 9.89. The molecule has 1 aromatic carbocycles. The molecule has 0 aliphatic rings. The molecule has 0 aliphatic carbocycles. The van der Waals surface area contributed by atoms with Crippen LogP contribution in [-0.2, 0) is 0 Å². The summed E-state index contributed by atoms with van der Waals surface area (Å²) >= 11 is 0. The minimum atomic E-state index is 0.527. The van der Waals surface area contributed by atoms with Crippen molar-refractivity contribution in [2.75, 3.05) is 7.11 Å². The first-order valence-corrected chi connectivity index (χ1v) is 5.49. The van der Waals surface area contributed by atoms with Crippen LogP contribution in [0.15, 0.2) is 30.9 Å². The standard InChI is InChI=1S/C14H20O/c1-5-8-12(6-2)14-11(3)9-7-10-13(14)15-4/h5,7,9-10,12H,1,6,8H2,2-4H3. The monoisotopic (exact) mass is 204 g/mol. The molecule has 0 radical (unpaired) electrons.